The maximum atomic E-state index is 7.00. The highest BCUT2D eigenvalue weighted by Crippen LogP contribution is 2.21. The summed E-state index contributed by atoms with van der Waals surface area (Å²) in [6, 6.07) is 0. The van der Waals surface area contributed by atoms with Crippen molar-refractivity contribution >= 4 is 0 Å². The lowest BCUT2D eigenvalue weighted by Gasteiger charge is -2.15. The Morgan fingerprint density at radius 2 is 1.44 bits per heavy atom. The van der Waals surface area contributed by atoms with Gasteiger partial charge in [0.1, 0.15) is 0 Å². The molecule has 0 spiro atoms. The van der Waals surface area contributed by atoms with Crippen molar-refractivity contribution in [2.24, 2.45) is 5.92 Å². The van der Waals surface area contributed by atoms with E-state index in [0.29, 0.717) is 0 Å². The highest BCUT2D eigenvalue weighted by atomic mass is 16.2. The van der Waals surface area contributed by atoms with Crippen LogP contribution < -0.4 is 0 Å². The summed E-state index contributed by atoms with van der Waals surface area (Å²) in [7, 11) is 1.00. The van der Waals surface area contributed by atoms with Gasteiger partial charge in [0, 0.05) is 7.11 Å². The second-order valence-electron chi connectivity index (χ2n) is 2.74. The summed E-state index contributed by atoms with van der Waals surface area (Å²) >= 11 is 0. The van der Waals surface area contributed by atoms with E-state index in [1.54, 1.807) is 0 Å². The van der Waals surface area contributed by atoms with Gasteiger partial charge in [-0.2, -0.15) is 0 Å². The molecule has 56 valence electrons. The van der Waals surface area contributed by atoms with Crippen LogP contribution in [0.5, 0.6) is 0 Å². The molecule has 1 N–H and O–H groups in total. The molecule has 0 amide bonds. The van der Waals surface area contributed by atoms with Crippen LogP contribution in [0.2, 0.25) is 0 Å². The SMILES string of the molecule is CC1CCCCC1.CO. The van der Waals surface area contributed by atoms with E-state index in [4.69, 9.17) is 5.11 Å². The van der Waals surface area contributed by atoms with Crippen molar-refractivity contribution in [3.8, 4) is 0 Å². The number of rotatable bonds is 0. The molecule has 1 rings (SSSR count). The summed E-state index contributed by atoms with van der Waals surface area (Å²) in [6.45, 7) is 2.36. The molecule has 0 atom stereocenters. The average molecular weight is 130 g/mol. The third kappa shape index (κ3) is 4.46. The van der Waals surface area contributed by atoms with Crippen LogP contribution in [0.3, 0.4) is 0 Å². The Morgan fingerprint density at radius 1 is 1.00 bits per heavy atom. The summed E-state index contributed by atoms with van der Waals surface area (Å²) in [6.07, 6.45) is 7.44. The fourth-order valence-electron chi connectivity index (χ4n) is 1.31. The van der Waals surface area contributed by atoms with Crippen molar-refractivity contribution in [1.29, 1.82) is 0 Å². The van der Waals surface area contributed by atoms with Crippen LogP contribution in [-0.4, -0.2) is 12.2 Å². The Bertz CT molecular complexity index is 46.5. The van der Waals surface area contributed by atoms with Crippen molar-refractivity contribution in [3.63, 3.8) is 0 Å². The Kier molecular flexibility index (Phi) is 6.06. The minimum Gasteiger partial charge on any atom is -0.400 e. The van der Waals surface area contributed by atoms with Crippen LogP contribution in [0.1, 0.15) is 39.0 Å². The molecule has 9 heavy (non-hydrogen) atoms. The standard InChI is InChI=1S/C7H14.CH4O/c1-7-5-3-2-4-6-7;1-2/h7H,2-6H2,1H3;2H,1H3. The van der Waals surface area contributed by atoms with E-state index in [9.17, 15) is 0 Å². The van der Waals surface area contributed by atoms with Crippen LogP contribution >= 0.6 is 0 Å². The molecule has 0 aromatic rings. The molecular weight excluding hydrogens is 112 g/mol. The molecule has 1 heteroatoms. The fourth-order valence-corrected chi connectivity index (χ4v) is 1.31. The Hall–Kier alpha value is -0.0400. The zero-order valence-corrected chi connectivity index (χ0v) is 6.56. The summed E-state index contributed by atoms with van der Waals surface area (Å²) in [5.41, 5.74) is 0. The second-order valence-corrected chi connectivity index (χ2v) is 2.74. The van der Waals surface area contributed by atoms with Gasteiger partial charge in [-0.3, -0.25) is 0 Å². The van der Waals surface area contributed by atoms with Gasteiger partial charge < -0.3 is 5.11 Å². The molecule has 1 fully saturated rings. The first-order valence-electron chi connectivity index (χ1n) is 3.84. The number of hydrogen-bond acceptors (Lipinski definition) is 1. The maximum Gasteiger partial charge on any atom is 0.0319 e. The van der Waals surface area contributed by atoms with Crippen LogP contribution in [0.15, 0.2) is 0 Å². The number of aliphatic hydroxyl groups excluding tert-OH is 1. The molecule has 1 aliphatic carbocycles. The molecule has 0 heterocycles. The summed E-state index contributed by atoms with van der Waals surface area (Å²) in [4.78, 5) is 0. The molecule has 0 aromatic heterocycles. The van der Waals surface area contributed by atoms with E-state index in [1.165, 1.54) is 32.1 Å². The third-order valence-corrected chi connectivity index (χ3v) is 1.89. The van der Waals surface area contributed by atoms with Crippen molar-refractivity contribution in [3.05, 3.63) is 0 Å². The van der Waals surface area contributed by atoms with Crippen molar-refractivity contribution < 1.29 is 5.11 Å². The molecule has 1 aliphatic rings. The van der Waals surface area contributed by atoms with Gasteiger partial charge in [-0.1, -0.05) is 39.0 Å². The number of hydrogen-bond donors (Lipinski definition) is 1. The summed E-state index contributed by atoms with van der Waals surface area (Å²) < 4.78 is 0. The van der Waals surface area contributed by atoms with E-state index in [1.807, 2.05) is 0 Å². The number of aliphatic hydroxyl groups is 1. The first-order valence-corrected chi connectivity index (χ1v) is 3.84. The Morgan fingerprint density at radius 3 is 1.67 bits per heavy atom. The van der Waals surface area contributed by atoms with Gasteiger partial charge in [0.15, 0.2) is 0 Å². The van der Waals surface area contributed by atoms with Gasteiger partial charge in [0.05, 0.1) is 0 Å². The highest BCUT2D eigenvalue weighted by molar-refractivity contribution is 4.59. The predicted octanol–water partition coefficient (Wildman–Crippen LogP) is 2.20. The average Bonchev–Trinajstić information content (AvgIpc) is 1.94. The predicted molar refractivity (Wildman–Crippen MR) is 40.4 cm³/mol. The first kappa shape index (κ1) is 8.96. The molecule has 0 saturated heterocycles. The lowest BCUT2D eigenvalue weighted by molar-refractivity contribution is 0.385. The minimum absolute atomic E-state index is 1.00. The van der Waals surface area contributed by atoms with Crippen LogP contribution in [0.25, 0.3) is 0 Å². The van der Waals surface area contributed by atoms with Gasteiger partial charge >= 0.3 is 0 Å². The normalized spacial score (nSPS) is 20.3. The van der Waals surface area contributed by atoms with E-state index >= 15 is 0 Å². The van der Waals surface area contributed by atoms with E-state index in [-0.39, 0.29) is 0 Å². The summed E-state index contributed by atoms with van der Waals surface area (Å²) in [5, 5.41) is 7.00. The smallest absolute Gasteiger partial charge is 0.0319 e. The van der Waals surface area contributed by atoms with Gasteiger partial charge in [0.25, 0.3) is 0 Å². The van der Waals surface area contributed by atoms with Crippen LogP contribution in [0, 0.1) is 5.92 Å². The molecule has 1 saturated carbocycles. The fraction of sp³-hybridized carbons (Fsp3) is 1.00. The van der Waals surface area contributed by atoms with Crippen LogP contribution in [-0.2, 0) is 0 Å². The monoisotopic (exact) mass is 130 g/mol. The zero-order valence-electron chi connectivity index (χ0n) is 6.56. The molecule has 0 bridgehead atoms. The van der Waals surface area contributed by atoms with Gasteiger partial charge in [-0.25, -0.2) is 0 Å². The first-order chi connectivity index (χ1) is 4.39. The van der Waals surface area contributed by atoms with Crippen LogP contribution in [0.4, 0.5) is 0 Å². The Labute approximate surface area is 58.1 Å². The van der Waals surface area contributed by atoms with Crippen molar-refractivity contribution in [2.75, 3.05) is 7.11 Å². The lowest BCUT2D eigenvalue weighted by atomic mass is 9.91. The topological polar surface area (TPSA) is 20.2 Å². The molecule has 0 aromatic carbocycles. The Balaban J connectivity index is 0.000000291. The minimum atomic E-state index is 1.00. The molecule has 0 unspecified atom stereocenters. The van der Waals surface area contributed by atoms with Crippen molar-refractivity contribution in [2.45, 2.75) is 39.0 Å². The van der Waals surface area contributed by atoms with Gasteiger partial charge in [-0.05, 0) is 5.92 Å². The summed E-state index contributed by atoms with van der Waals surface area (Å²) in [5.74, 6) is 1.04. The van der Waals surface area contributed by atoms with Gasteiger partial charge in [0.2, 0.25) is 0 Å². The van der Waals surface area contributed by atoms with E-state index in [0.717, 1.165) is 13.0 Å². The largest absolute Gasteiger partial charge is 0.400 e. The highest BCUT2D eigenvalue weighted by Gasteiger charge is 2.05. The molecule has 0 radical (unpaired) electrons. The zero-order chi connectivity index (χ0) is 7.11. The third-order valence-electron chi connectivity index (χ3n) is 1.89. The van der Waals surface area contributed by atoms with Crippen molar-refractivity contribution in [1.82, 2.24) is 0 Å². The van der Waals surface area contributed by atoms with E-state index in [2.05, 4.69) is 6.92 Å². The molecule has 1 nitrogen and oxygen atoms in total. The second kappa shape index (κ2) is 6.09. The van der Waals surface area contributed by atoms with Gasteiger partial charge in [-0.15, -0.1) is 0 Å². The van der Waals surface area contributed by atoms with E-state index < -0.39 is 0 Å². The lowest BCUT2D eigenvalue weighted by Crippen LogP contribution is -1.99. The quantitative estimate of drug-likeness (QED) is 0.533. The molecule has 0 aliphatic heterocycles. The molecular formula is C8H18O. The maximum absolute atomic E-state index is 7.00.